The van der Waals surface area contributed by atoms with Crippen LogP contribution in [-0.2, 0) is 14.9 Å². The van der Waals surface area contributed by atoms with Gasteiger partial charge in [0.25, 0.3) is 10.1 Å². The second-order valence-corrected chi connectivity index (χ2v) is 13.3. The first-order valence-electron chi connectivity index (χ1n) is 12.2. The van der Waals surface area contributed by atoms with Crippen molar-refractivity contribution < 1.29 is 22.9 Å². The molecule has 4 aliphatic carbocycles. The van der Waals surface area contributed by atoms with Gasteiger partial charge >= 0.3 is 5.97 Å². The summed E-state index contributed by atoms with van der Waals surface area (Å²) in [4.78, 5) is 11.1. The minimum atomic E-state index is -4.08. The lowest BCUT2D eigenvalue weighted by Crippen LogP contribution is -2.59. The molecular formula is C24H40O5S. The topological polar surface area (TPSA) is 91.7 Å². The first kappa shape index (κ1) is 22.6. The maximum absolute atomic E-state index is 12.6. The highest BCUT2D eigenvalue weighted by Crippen LogP contribution is 2.69. The first-order valence-corrected chi connectivity index (χ1v) is 13.7. The lowest BCUT2D eigenvalue weighted by molar-refractivity contribution is -0.137. The fourth-order valence-corrected chi connectivity index (χ4v) is 10.3. The summed E-state index contributed by atoms with van der Waals surface area (Å²) in [5.74, 6) is 1.21. The highest BCUT2D eigenvalue weighted by atomic mass is 32.2. The minimum absolute atomic E-state index is 0.0507. The summed E-state index contributed by atoms with van der Waals surface area (Å²) in [6, 6.07) is 0. The predicted molar refractivity (Wildman–Crippen MR) is 117 cm³/mol. The molecule has 4 saturated carbocycles. The molecule has 4 fully saturated rings. The van der Waals surface area contributed by atoms with Crippen molar-refractivity contribution in [1.82, 2.24) is 0 Å². The normalized spacial score (nSPS) is 47.1. The van der Waals surface area contributed by atoms with Crippen LogP contribution in [0.1, 0.15) is 91.4 Å². The molecule has 30 heavy (non-hydrogen) atoms. The molecule has 0 bridgehead atoms. The fraction of sp³-hybridized carbons (Fsp3) is 0.958. The Morgan fingerprint density at radius 2 is 1.73 bits per heavy atom. The van der Waals surface area contributed by atoms with E-state index in [4.69, 9.17) is 5.11 Å². The average Bonchev–Trinajstić information content (AvgIpc) is 3.01. The van der Waals surface area contributed by atoms with E-state index in [0.717, 1.165) is 32.1 Å². The second-order valence-electron chi connectivity index (χ2n) is 11.7. The van der Waals surface area contributed by atoms with Crippen LogP contribution in [0.4, 0.5) is 0 Å². The zero-order valence-electron chi connectivity index (χ0n) is 18.8. The molecule has 6 heteroatoms. The number of hydrogen-bond acceptors (Lipinski definition) is 3. The van der Waals surface area contributed by atoms with E-state index in [0.29, 0.717) is 42.4 Å². The summed E-state index contributed by atoms with van der Waals surface area (Å²) >= 11 is 0. The largest absolute Gasteiger partial charge is 0.481 e. The van der Waals surface area contributed by atoms with E-state index in [-0.39, 0.29) is 23.2 Å². The predicted octanol–water partition coefficient (Wildman–Crippen LogP) is 5.40. The zero-order chi connectivity index (χ0) is 21.9. The number of hydrogen-bond donors (Lipinski definition) is 2. The summed E-state index contributed by atoms with van der Waals surface area (Å²) in [7, 11) is -4.08. The highest BCUT2D eigenvalue weighted by Gasteiger charge is 2.64. The van der Waals surface area contributed by atoms with Gasteiger partial charge in [0.05, 0.1) is 5.25 Å². The van der Waals surface area contributed by atoms with Crippen LogP contribution in [0.2, 0.25) is 0 Å². The minimum Gasteiger partial charge on any atom is -0.481 e. The van der Waals surface area contributed by atoms with Gasteiger partial charge in [-0.2, -0.15) is 8.42 Å². The van der Waals surface area contributed by atoms with Crippen LogP contribution in [0.3, 0.4) is 0 Å². The Morgan fingerprint density at radius 3 is 2.40 bits per heavy atom. The third-order valence-corrected chi connectivity index (χ3v) is 11.8. The summed E-state index contributed by atoms with van der Waals surface area (Å²) in [6.07, 6.45) is 10.5. The maximum Gasteiger partial charge on any atom is 0.303 e. The van der Waals surface area contributed by atoms with Gasteiger partial charge in [-0.25, -0.2) is 0 Å². The van der Waals surface area contributed by atoms with Crippen molar-refractivity contribution in [3.05, 3.63) is 0 Å². The van der Waals surface area contributed by atoms with Crippen LogP contribution in [0.25, 0.3) is 0 Å². The van der Waals surface area contributed by atoms with Crippen LogP contribution >= 0.6 is 0 Å². The van der Waals surface area contributed by atoms with Crippen molar-refractivity contribution in [2.24, 2.45) is 46.3 Å². The molecule has 0 heterocycles. The van der Waals surface area contributed by atoms with Crippen molar-refractivity contribution >= 4 is 16.1 Å². The van der Waals surface area contributed by atoms with Gasteiger partial charge in [0, 0.05) is 6.42 Å². The summed E-state index contributed by atoms with van der Waals surface area (Å²) < 4.78 is 35.5. The molecule has 0 radical (unpaired) electrons. The molecule has 0 saturated heterocycles. The highest BCUT2D eigenvalue weighted by molar-refractivity contribution is 7.86. The van der Waals surface area contributed by atoms with Crippen molar-refractivity contribution in [2.75, 3.05) is 0 Å². The van der Waals surface area contributed by atoms with Gasteiger partial charge in [0.2, 0.25) is 0 Å². The van der Waals surface area contributed by atoms with E-state index in [2.05, 4.69) is 20.8 Å². The van der Waals surface area contributed by atoms with Crippen molar-refractivity contribution in [2.45, 2.75) is 96.7 Å². The molecule has 0 aromatic heterocycles. The number of carbonyl (C=O) groups is 1. The molecule has 0 aliphatic heterocycles. The van der Waals surface area contributed by atoms with Gasteiger partial charge < -0.3 is 5.11 Å². The van der Waals surface area contributed by atoms with E-state index < -0.39 is 21.3 Å². The number of carboxylic acid groups (broad SMARTS) is 1. The van der Waals surface area contributed by atoms with Gasteiger partial charge in [-0.15, -0.1) is 0 Å². The van der Waals surface area contributed by atoms with Crippen molar-refractivity contribution in [3.63, 3.8) is 0 Å². The second kappa shape index (κ2) is 7.75. The van der Waals surface area contributed by atoms with Crippen LogP contribution in [-0.4, -0.2) is 29.3 Å². The van der Waals surface area contributed by atoms with Crippen LogP contribution < -0.4 is 0 Å². The SMILES string of the molecule is C[C@H](CCC(=O)O)[C@H]1CC[C@H]2[C@@H]3C(S(=O)(=O)O)CC4CCCC[C@]4(C)[C@H]3CC[C@]12C. The van der Waals surface area contributed by atoms with Gasteiger partial charge in [0.1, 0.15) is 0 Å². The van der Waals surface area contributed by atoms with Gasteiger partial charge in [0.15, 0.2) is 0 Å². The van der Waals surface area contributed by atoms with Crippen LogP contribution in [0, 0.1) is 46.3 Å². The van der Waals surface area contributed by atoms with Gasteiger partial charge in [-0.1, -0.05) is 33.6 Å². The Kier molecular flexibility index (Phi) is 5.83. The fourth-order valence-electron chi connectivity index (χ4n) is 9.07. The lowest BCUT2D eigenvalue weighted by atomic mass is 9.44. The molecule has 9 atom stereocenters. The monoisotopic (exact) mass is 440 g/mol. The summed E-state index contributed by atoms with van der Waals surface area (Å²) in [5, 5.41) is 8.51. The number of aliphatic carboxylic acids is 1. The van der Waals surface area contributed by atoms with E-state index in [9.17, 15) is 17.8 Å². The van der Waals surface area contributed by atoms with Crippen LogP contribution in [0.15, 0.2) is 0 Å². The molecule has 2 N–H and O–H groups in total. The molecule has 0 amide bonds. The smallest absolute Gasteiger partial charge is 0.303 e. The Balaban J connectivity index is 1.66. The Bertz CT molecular complexity index is 778. The van der Waals surface area contributed by atoms with E-state index in [1.54, 1.807) is 0 Å². The average molecular weight is 441 g/mol. The van der Waals surface area contributed by atoms with E-state index >= 15 is 0 Å². The molecule has 0 spiro atoms. The zero-order valence-corrected chi connectivity index (χ0v) is 19.7. The number of carboxylic acids is 1. The van der Waals surface area contributed by atoms with Gasteiger partial charge in [-0.05, 0) is 97.7 Å². The molecule has 0 aromatic carbocycles. The molecule has 5 nitrogen and oxygen atoms in total. The third kappa shape index (κ3) is 3.54. The molecular weight excluding hydrogens is 400 g/mol. The summed E-state index contributed by atoms with van der Waals surface area (Å²) in [5.41, 5.74) is 0.262. The Morgan fingerprint density at radius 1 is 1.03 bits per heavy atom. The number of fused-ring (bicyclic) bond motifs is 5. The van der Waals surface area contributed by atoms with E-state index in [1.807, 2.05) is 0 Å². The number of rotatable bonds is 5. The quantitative estimate of drug-likeness (QED) is 0.558. The summed E-state index contributed by atoms with van der Waals surface area (Å²) in [6.45, 7) is 6.95. The van der Waals surface area contributed by atoms with Crippen LogP contribution in [0.5, 0.6) is 0 Å². The third-order valence-electron chi connectivity index (χ3n) is 10.5. The van der Waals surface area contributed by atoms with E-state index in [1.165, 1.54) is 19.3 Å². The Labute approximate surface area is 182 Å². The lowest BCUT2D eigenvalue weighted by Gasteiger charge is -2.62. The first-order chi connectivity index (χ1) is 14.0. The van der Waals surface area contributed by atoms with Gasteiger partial charge in [-0.3, -0.25) is 9.35 Å². The molecule has 172 valence electrons. The van der Waals surface area contributed by atoms with Crippen molar-refractivity contribution in [1.29, 1.82) is 0 Å². The molecule has 0 aromatic rings. The molecule has 2 unspecified atom stereocenters. The molecule has 4 rings (SSSR count). The molecule has 4 aliphatic rings. The standard InChI is InChI=1S/C24H40O5S/c1-15(7-10-21(25)26)17-8-9-18-22-19(11-13-24(17,18)3)23(2)12-5-4-6-16(23)14-20(22)30(27,28)29/h15-20,22H,4-14H2,1-3H3,(H,25,26)(H,27,28,29)/t15-,16?,17-,18+,19+,20?,22+,23+,24-/m1/s1. The Hall–Kier alpha value is -0.620. The maximum atomic E-state index is 12.6. The van der Waals surface area contributed by atoms with Crippen molar-refractivity contribution in [3.8, 4) is 0 Å².